The average Bonchev–Trinajstić information content (AvgIpc) is 2.96. The molecule has 2 atom stereocenters. The van der Waals surface area contributed by atoms with Crippen LogP contribution in [0.3, 0.4) is 0 Å². The van der Waals surface area contributed by atoms with E-state index in [1.807, 2.05) is 11.3 Å². The standard InChI is InChI=1S/C17H30N2OS/c1-6-9-18-17(8-10-20-16(5,7-2)12-17)15-19-14(11-21-15)13(3)4/h11,13,18H,6-10,12H2,1-5H3. The van der Waals surface area contributed by atoms with E-state index in [-0.39, 0.29) is 11.1 Å². The van der Waals surface area contributed by atoms with Gasteiger partial charge in [0.2, 0.25) is 0 Å². The minimum atomic E-state index is -0.0390. The third-order valence-electron chi connectivity index (χ3n) is 4.64. The summed E-state index contributed by atoms with van der Waals surface area (Å²) in [4.78, 5) is 4.96. The van der Waals surface area contributed by atoms with Crippen LogP contribution in [-0.4, -0.2) is 23.7 Å². The normalized spacial score (nSPS) is 30.0. The molecule has 1 N–H and O–H groups in total. The number of nitrogens with zero attached hydrogens (tertiary/aromatic N) is 1. The molecule has 1 aliphatic rings. The lowest BCUT2D eigenvalue weighted by Gasteiger charge is -2.45. The van der Waals surface area contributed by atoms with E-state index in [0.29, 0.717) is 5.92 Å². The van der Waals surface area contributed by atoms with Crippen LogP contribution in [0.1, 0.15) is 76.9 Å². The quantitative estimate of drug-likeness (QED) is 0.843. The summed E-state index contributed by atoms with van der Waals surface area (Å²) in [6.07, 6.45) is 4.23. The minimum Gasteiger partial charge on any atom is -0.375 e. The number of thiazole rings is 1. The maximum absolute atomic E-state index is 6.06. The number of nitrogens with one attached hydrogen (secondary N) is 1. The first-order valence-corrected chi connectivity index (χ1v) is 9.17. The fraction of sp³-hybridized carbons (Fsp3) is 0.824. The smallest absolute Gasteiger partial charge is 0.113 e. The second-order valence-electron chi connectivity index (χ2n) is 6.82. The van der Waals surface area contributed by atoms with Crippen LogP contribution in [0.2, 0.25) is 0 Å². The van der Waals surface area contributed by atoms with Gasteiger partial charge in [-0.2, -0.15) is 0 Å². The molecule has 0 amide bonds. The Morgan fingerprint density at radius 2 is 2.19 bits per heavy atom. The van der Waals surface area contributed by atoms with Crippen LogP contribution >= 0.6 is 11.3 Å². The first-order chi connectivity index (χ1) is 9.95. The van der Waals surface area contributed by atoms with Gasteiger partial charge in [-0.25, -0.2) is 4.98 Å². The van der Waals surface area contributed by atoms with Gasteiger partial charge in [0.1, 0.15) is 5.01 Å². The Morgan fingerprint density at radius 1 is 1.43 bits per heavy atom. The van der Waals surface area contributed by atoms with Crippen LogP contribution in [0.5, 0.6) is 0 Å². The molecule has 3 nitrogen and oxygen atoms in total. The Hall–Kier alpha value is -0.450. The highest BCUT2D eigenvalue weighted by Crippen LogP contribution is 2.42. The third kappa shape index (κ3) is 3.66. The Labute approximate surface area is 133 Å². The Morgan fingerprint density at radius 3 is 2.76 bits per heavy atom. The molecule has 1 aromatic rings. The average molecular weight is 311 g/mol. The zero-order valence-corrected chi connectivity index (χ0v) is 15.0. The molecule has 120 valence electrons. The molecule has 0 spiro atoms. The predicted octanol–water partition coefficient (Wildman–Crippen LogP) is 4.44. The van der Waals surface area contributed by atoms with E-state index in [2.05, 4.69) is 45.3 Å². The molecule has 2 unspecified atom stereocenters. The van der Waals surface area contributed by atoms with Gasteiger partial charge >= 0.3 is 0 Å². The van der Waals surface area contributed by atoms with Crippen molar-refractivity contribution in [3.8, 4) is 0 Å². The summed E-state index contributed by atoms with van der Waals surface area (Å²) in [6, 6.07) is 0. The van der Waals surface area contributed by atoms with Crippen LogP contribution in [-0.2, 0) is 10.3 Å². The topological polar surface area (TPSA) is 34.2 Å². The van der Waals surface area contributed by atoms with Gasteiger partial charge in [-0.1, -0.05) is 27.7 Å². The van der Waals surface area contributed by atoms with E-state index in [0.717, 1.165) is 38.8 Å². The number of aromatic nitrogens is 1. The molecule has 0 saturated carbocycles. The van der Waals surface area contributed by atoms with E-state index in [9.17, 15) is 0 Å². The summed E-state index contributed by atoms with van der Waals surface area (Å²) in [5.74, 6) is 0.496. The van der Waals surface area contributed by atoms with Gasteiger partial charge in [0.05, 0.1) is 16.8 Å². The molecule has 1 fully saturated rings. The van der Waals surface area contributed by atoms with Crippen molar-refractivity contribution in [1.82, 2.24) is 10.3 Å². The summed E-state index contributed by atoms with van der Waals surface area (Å²) in [6.45, 7) is 13.0. The fourth-order valence-corrected chi connectivity index (χ4v) is 4.21. The van der Waals surface area contributed by atoms with Crippen molar-refractivity contribution >= 4 is 11.3 Å². The molecule has 4 heteroatoms. The van der Waals surface area contributed by atoms with E-state index in [1.165, 1.54) is 10.7 Å². The highest BCUT2D eigenvalue weighted by atomic mass is 32.1. The minimum absolute atomic E-state index is 0.00315. The zero-order valence-electron chi connectivity index (χ0n) is 14.2. The second kappa shape index (κ2) is 6.76. The van der Waals surface area contributed by atoms with Gasteiger partial charge in [-0.05, 0) is 38.6 Å². The Bertz CT molecular complexity index is 459. The molecule has 21 heavy (non-hydrogen) atoms. The SMILES string of the molecule is CCCNC1(c2nc(C(C)C)cs2)CCOC(C)(CC)C1. The van der Waals surface area contributed by atoms with Crippen molar-refractivity contribution in [2.24, 2.45) is 0 Å². The second-order valence-corrected chi connectivity index (χ2v) is 7.68. The van der Waals surface area contributed by atoms with E-state index >= 15 is 0 Å². The monoisotopic (exact) mass is 310 g/mol. The molecule has 0 aliphatic carbocycles. The van der Waals surface area contributed by atoms with Crippen molar-refractivity contribution in [3.63, 3.8) is 0 Å². The molecule has 1 aromatic heterocycles. The summed E-state index contributed by atoms with van der Waals surface area (Å²) in [5, 5.41) is 7.29. The maximum Gasteiger partial charge on any atom is 0.113 e. The molecular weight excluding hydrogens is 280 g/mol. The molecule has 1 aliphatic heterocycles. The molecule has 2 rings (SSSR count). The predicted molar refractivity (Wildman–Crippen MR) is 90.1 cm³/mol. The van der Waals surface area contributed by atoms with E-state index in [1.54, 1.807) is 0 Å². The van der Waals surface area contributed by atoms with Crippen molar-refractivity contribution in [1.29, 1.82) is 0 Å². The highest BCUT2D eigenvalue weighted by molar-refractivity contribution is 7.09. The van der Waals surface area contributed by atoms with Gasteiger partial charge < -0.3 is 10.1 Å². The van der Waals surface area contributed by atoms with Crippen LogP contribution in [0.25, 0.3) is 0 Å². The number of rotatable bonds is 6. The Balaban J connectivity index is 2.31. The van der Waals surface area contributed by atoms with E-state index < -0.39 is 0 Å². The van der Waals surface area contributed by atoms with Gasteiger partial charge in [0.15, 0.2) is 0 Å². The lowest BCUT2D eigenvalue weighted by molar-refractivity contribution is -0.103. The summed E-state index contributed by atoms with van der Waals surface area (Å²) >= 11 is 1.82. The molecule has 0 bridgehead atoms. The lowest BCUT2D eigenvalue weighted by Crippen LogP contribution is -2.53. The van der Waals surface area contributed by atoms with Crippen molar-refractivity contribution in [2.45, 2.75) is 77.4 Å². The molecular formula is C17H30N2OS. The fourth-order valence-electron chi connectivity index (χ4n) is 3.02. The molecule has 0 radical (unpaired) electrons. The summed E-state index contributed by atoms with van der Waals surface area (Å²) < 4.78 is 6.06. The van der Waals surface area contributed by atoms with Gasteiger partial charge in [0, 0.05) is 18.4 Å². The first-order valence-electron chi connectivity index (χ1n) is 8.29. The number of hydrogen-bond acceptors (Lipinski definition) is 4. The number of hydrogen-bond donors (Lipinski definition) is 1. The van der Waals surface area contributed by atoms with Gasteiger partial charge in [0.25, 0.3) is 0 Å². The van der Waals surface area contributed by atoms with Crippen LogP contribution in [0.15, 0.2) is 5.38 Å². The van der Waals surface area contributed by atoms with Crippen molar-refractivity contribution in [3.05, 3.63) is 16.1 Å². The van der Waals surface area contributed by atoms with Crippen molar-refractivity contribution < 1.29 is 4.74 Å². The first kappa shape index (κ1) is 16.9. The highest BCUT2D eigenvalue weighted by Gasteiger charge is 2.45. The van der Waals surface area contributed by atoms with E-state index in [4.69, 9.17) is 9.72 Å². The zero-order chi connectivity index (χ0) is 15.5. The van der Waals surface area contributed by atoms with Crippen LogP contribution in [0, 0.1) is 0 Å². The van der Waals surface area contributed by atoms with Crippen LogP contribution < -0.4 is 5.32 Å². The van der Waals surface area contributed by atoms with Crippen LogP contribution in [0.4, 0.5) is 0 Å². The third-order valence-corrected chi connectivity index (χ3v) is 5.70. The maximum atomic E-state index is 6.06. The lowest BCUT2D eigenvalue weighted by atomic mass is 9.79. The van der Waals surface area contributed by atoms with Crippen molar-refractivity contribution in [2.75, 3.05) is 13.2 Å². The molecule has 1 saturated heterocycles. The van der Waals surface area contributed by atoms with Gasteiger partial charge in [-0.3, -0.25) is 0 Å². The van der Waals surface area contributed by atoms with Gasteiger partial charge in [-0.15, -0.1) is 11.3 Å². The largest absolute Gasteiger partial charge is 0.375 e. The Kier molecular flexibility index (Phi) is 5.44. The summed E-state index contributed by atoms with van der Waals surface area (Å²) in [5.41, 5.74) is 1.18. The summed E-state index contributed by atoms with van der Waals surface area (Å²) in [7, 11) is 0. The number of ether oxygens (including phenoxy) is 1. The molecule has 0 aromatic carbocycles. The molecule has 2 heterocycles.